The van der Waals surface area contributed by atoms with E-state index < -0.39 is 0 Å². The van der Waals surface area contributed by atoms with Crippen LogP contribution >= 0.6 is 15.9 Å². The first-order valence-electron chi connectivity index (χ1n) is 8.16. The van der Waals surface area contributed by atoms with Crippen molar-refractivity contribution in [2.75, 3.05) is 10.6 Å². The summed E-state index contributed by atoms with van der Waals surface area (Å²) in [7, 11) is 0. The van der Waals surface area contributed by atoms with Crippen molar-refractivity contribution in [3.8, 4) is 5.75 Å². The van der Waals surface area contributed by atoms with E-state index in [-0.39, 0.29) is 24.2 Å². The molecule has 1 heterocycles. The molecule has 0 aliphatic heterocycles. The molecular weight excluding hydrogens is 412 g/mol. The molecule has 138 valence electrons. The van der Waals surface area contributed by atoms with Crippen LogP contribution in [0.25, 0.3) is 0 Å². The Labute approximate surface area is 164 Å². The summed E-state index contributed by atoms with van der Waals surface area (Å²) in [6, 6.07) is 17.5. The summed E-state index contributed by atoms with van der Waals surface area (Å²) in [6.07, 6.45) is 0. The molecule has 0 atom stereocenters. The summed E-state index contributed by atoms with van der Waals surface area (Å²) >= 11 is 3.37. The van der Waals surface area contributed by atoms with E-state index in [1.165, 1.54) is 6.92 Å². The van der Waals surface area contributed by atoms with E-state index in [1.54, 1.807) is 36.4 Å². The highest BCUT2D eigenvalue weighted by molar-refractivity contribution is 9.10. The number of nitrogens with one attached hydrogen (secondary N) is 2. The van der Waals surface area contributed by atoms with E-state index >= 15 is 0 Å². The smallest absolute Gasteiger partial charge is 0.291 e. The molecule has 7 heteroatoms. The molecule has 0 saturated carbocycles. The van der Waals surface area contributed by atoms with Gasteiger partial charge in [-0.2, -0.15) is 0 Å². The van der Waals surface area contributed by atoms with Gasteiger partial charge in [-0.05, 0) is 60.7 Å². The molecule has 0 aliphatic rings. The molecule has 0 bridgehead atoms. The number of benzene rings is 2. The third-order valence-electron chi connectivity index (χ3n) is 3.54. The summed E-state index contributed by atoms with van der Waals surface area (Å²) in [5.41, 5.74) is 1.25. The molecule has 0 aliphatic carbocycles. The molecule has 1 aromatic heterocycles. The Morgan fingerprint density at radius 2 is 1.56 bits per heavy atom. The Morgan fingerprint density at radius 1 is 0.926 bits per heavy atom. The number of ether oxygens (including phenoxy) is 1. The van der Waals surface area contributed by atoms with Gasteiger partial charge in [0.05, 0.1) is 0 Å². The SMILES string of the molecule is CC(=O)Nc1ccc(NC(=O)c2ccc(COc3ccc(Br)cc3)o2)cc1. The van der Waals surface area contributed by atoms with E-state index in [1.807, 2.05) is 24.3 Å². The fourth-order valence-corrected chi connectivity index (χ4v) is 2.56. The fraction of sp³-hybridized carbons (Fsp3) is 0.100. The Bertz CT molecular complexity index is 933. The lowest BCUT2D eigenvalue weighted by molar-refractivity contribution is -0.114. The van der Waals surface area contributed by atoms with Crippen LogP contribution in [0.15, 0.2) is 69.6 Å². The first-order chi connectivity index (χ1) is 13.0. The summed E-state index contributed by atoms with van der Waals surface area (Å²) in [5.74, 6) is 0.928. The van der Waals surface area contributed by atoms with Gasteiger partial charge >= 0.3 is 0 Å². The number of hydrogen-bond acceptors (Lipinski definition) is 4. The van der Waals surface area contributed by atoms with Gasteiger partial charge in [0.25, 0.3) is 5.91 Å². The quantitative estimate of drug-likeness (QED) is 0.588. The van der Waals surface area contributed by atoms with Crippen LogP contribution in [0.1, 0.15) is 23.2 Å². The van der Waals surface area contributed by atoms with Crippen molar-refractivity contribution < 1.29 is 18.7 Å². The summed E-state index contributed by atoms with van der Waals surface area (Å²) < 4.78 is 12.1. The van der Waals surface area contributed by atoms with E-state index in [4.69, 9.17) is 9.15 Å². The number of furan rings is 1. The van der Waals surface area contributed by atoms with Crippen LogP contribution < -0.4 is 15.4 Å². The lowest BCUT2D eigenvalue weighted by Crippen LogP contribution is -2.11. The highest BCUT2D eigenvalue weighted by Gasteiger charge is 2.12. The molecule has 2 amide bonds. The monoisotopic (exact) mass is 428 g/mol. The minimum absolute atomic E-state index is 0.153. The van der Waals surface area contributed by atoms with Gasteiger partial charge in [-0.25, -0.2) is 0 Å². The predicted molar refractivity (Wildman–Crippen MR) is 106 cm³/mol. The third-order valence-corrected chi connectivity index (χ3v) is 4.07. The Kier molecular flexibility index (Phi) is 5.93. The van der Waals surface area contributed by atoms with E-state index in [0.29, 0.717) is 22.9 Å². The van der Waals surface area contributed by atoms with Gasteiger partial charge in [-0.1, -0.05) is 15.9 Å². The highest BCUT2D eigenvalue weighted by atomic mass is 79.9. The van der Waals surface area contributed by atoms with Gasteiger partial charge in [0.2, 0.25) is 5.91 Å². The molecule has 3 rings (SSSR count). The van der Waals surface area contributed by atoms with Crippen LogP contribution in [0.2, 0.25) is 0 Å². The second-order valence-electron chi connectivity index (χ2n) is 5.72. The van der Waals surface area contributed by atoms with Gasteiger partial charge in [0, 0.05) is 22.8 Å². The normalized spacial score (nSPS) is 10.3. The van der Waals surface area contributed by atoms with Crippen LogP contribution in [0.5, 0.6) is 5.75 Å². The second kappa shape index (κ2) is 8.55. The number of hydrogen-bond donors (Lipinski definition) is 2. The van der Waals surface area contributed by atoms with Crippen molar-refractivity contribution in [1.82, 2.24) is 0 Å². The van der Waals surface area contributed by atoms with Gasteiger partial charge in [-0.15, -0.1) is 0 Å². The van der Waals surface area contributed by atoms with Gasteiger partial charge in [0.15, 0.2) is 5.76 Å². The number of amides is 2. The number of carbonyl (C=O) groups is 2. The molecule has 3 aromatic rings. The first-order valence-corrected chi connectivity index (χ1v) is 8.95. The maximum absolute atomic E-state index is 12.3. The minimum atomic E-state index is -0.364. The average molecular weight is 429 g/mol. The number of anilines is 2. The highest BCUT2D eigenvalue weighted by Crippen LogP contribution is 2.19. The zero-order valence-electron chi connectivity index (χ0n) is 14.5. The molecule has 2 N–H and O–H groups in total. The van der Waals surface area contributed by atoms with Crippen molar-refractivity contribution >= 4 is 39.1 Å². The lowest BCUT2D eigenvalue weighted by Gasteiger charge is -2.06. The summed E-state index contributed by atoms with van der Waals surface area (Å²) in [5, 5.41) is 5.40. The largest absolute Gasteiger partial charge is 0.486 e. The standard InChI is InChI=1S/C20H17BrN2O4/c1-13(24)22-15-4-6-16(7-5-15)23-20(25)19-11-10-18(27-19)12-26-17-8-2-14(21)3-9-17/h2-11H,12H2,1H3,(H,22,24)(H,23,25). The predicted octanol–water partition coefficient (Wildman–Crippen LogP) is 4.83. The van der Waals surface area contributed by atoms with Crippen LogP contribution in [-0.4, -0.2) is 11.8 Å². The molecule has 27 heavy (non-hydrogen) atoms. The molecular formula is C20H17BrN2O4. The van der Waals surface area contributed by atoms with Crippen molar-refractivity contribution in [3.63, 3.8) is 0 Å². The first kappa shape index (κ1) is 18.7. The lowest BCUT2D eigenvalue weighted by atomic mass is 10.2. The van der Waals surface area contributed by atoms with Crippen molar-refractivity contribution in [1.29, 1.82) is 0 Å². The van der Waals surface area contributed by atoms with Crippen molar-refractivity contribution in [2.45, 2.75) is 13.5 Å². The topological polar surface area (TPSA) is 80.6 Å². The van der Waals surface area contributed by atoms with E-state index in [0.717, 1.165) is 4.47 Å². The van der Waals surface area contributed by atoms with Crippen molar-refractivity contribution in [3.05, 3.63) is 76.7 Å². The Balaban J connectivity index is 1.56. The Hall–Kier alpha value is -3.06. The zero-order chi connectivity index (χ0) is 19.2. The van der Waals surface area contributed by atoms with Gasteiger partial charge in [-0.3, -0.25) is 9.59 Å². The molecule has 0 radical (unpaired) electrons. The minimum Gasteiger partial charge on any atom is -0.486 e. The van der Waals surface area contributed by atoms with Crippen LogP contribution in [0.4, 0.5) is 11.4 Å². The summed E-state index contributed by atoms with van der Waals surface area (Å²) in [6.45, 7) is 1.66. The maximum Gasteiger partial charge on any atom is 0.291 e. The van der Waals surface area contributed by atoms with Gasteiger partial charge < -0.3 is 19.8 Å². The maximum atomic E-state index is 12.3. The molecule has 0 unspecified atom stereocenters. The van der Waals surface area contributed by atoms with E-state index in [9.17, 15) is 9.59 Å². The van der Waals surface area contributed by atoms with E-state index in [2.05, 4.69) is 26.6 Å². The third kappa shape index (κ3) is 5.46. The number of halogens is 1. The average Bonchev–Trinajstić information content (AvgIpc) is 3.12. The molecule has 0 spiro atoms. The van der Waals surface area contributed by atoms with Crippen LogP contribution in [0, 0.1) is 0 Å². The number of carbonyl (C=O) groups excluding carboxylic acids is 2. The fourth-order valence-electron chi connectivity index (χ4n) is 2.30. The molecule has 6 nitrogen and oxygen atoms in total. The summed E-state index contributed by atoms with van der Waals surface area (Å²) in [4.78, 5) is 23.3. The molecule has 0 saturated heterocycles. The zero-order valence-corrected chi connectivity index (χ0v) is 16.1. The molecule has 0 fully saturated rings. The Morgan fingerprint density at radius 3 is 2.19 bits per heavy atom. The molecule has 2 aromatic carbocycles. The van der Waals surface area contributed by atoms with Gasteiger partial charge in [0.1, 0.15) is 18.1 Å². The van der Waals surface area contributed by atoms with Crippen LogP contribution in [-0.2, 0) is 11.4 Å². The van der Waals surface area contributed by atoms with Crippen molar-refractivity contribution in [2.24, 2.45) is 0 Å². The number of rotatable bonds is 6. The van der Waals surface area contributed by atoms with Crippen LogP contribution in [0.3, 0.4) is 0 Å². The second-order valence-corrected chi connectivity index (χ2v) is 6.64.